The van der Waals surface area contributed by atoms with Crippen LogP contribution in [-0.4, -0.2) is 30.3 Å². The Labute approximate surface area is 75.2 Å². The zero-order valence-corrected chi connectivity index (χ0v) is 6.87. The van der Waals surface area contributed by atoms with Crippen LogP contribution in [-0.2, 0) is 9.63 Å². The van der Waals surface area contributed by atoms with E-state index in [1.165, 1.54) is 0 Å². The fourth-order valence-electron chi connectivity index (χ4n) is 0.448. The Kier molecular flexibility index (Phi) is 6.01. The molecule has 0 aromatic carbocycles. The molecule has 0 aliphatic rings. The van der Waals surface area contributed by atoms with Crippen LogP contribution in [0.3, 0.4) is 0 Å². The summed E-state index contributed by atoms with van der Waals surface area (Å²) in [5.41, 5.74) is 1.87. The number of terminal acetylenes is 1. The van der Waals surface area contributed by atoms with Crippen LogP contribution >= 0.6 is 0 Å². The number of aliphatic carboxylic acids is 1. The maximum Gasteiger partial charge on any atom is 0.338 e. The molecule has 6 heteroatoms. The molecule has 3 N–H and O–H groups in total. The number of carbonyl (C=O) groups excluding carboxylic acids is 1. The third-order valence-corrected chi connectivity index (χ3v) is 0.915. The molecule has 0 aliphatic carbocycles. The maximum absolute atomic E-state index is 10.7. The van der Waals surface area contributed by atoms with Gasteiger partial charge in [-0.1, -0.05) is 0 Å². The standard InChI is InChI=1S/C7H10N2O4/c1-2-3-4-8-7(12)9-13-5-6(10)11/h1H,3-5H2,(H,10,11)(H2,8,9,12). The number of hydroxylamine groups is 1. The Morgan fingerprint density at radius 1 is 1.54 bits per heavy atom. The molecule has 13 heavy (non-hydrogen) atoms. The molecule has 0 bridgehead atoms. The molecule has 0 unspecified atom stereocenters. The largest absolute Gasteiger partial charge is 0.479 e. The molecule has 0 radical (unpaired) electrons. The Morgan fingerprint density at radius 2 is 2.23 bits per heavy atom. The Morgan fingerprint density at radius 3 is 2.77 bits per heavy atom. The van der Waals surface area contributed by atoms with E-state index in [1.807, 2.05) is 5.48 Å². The van der Waals surface area contributed by atoms with Gasteiger partial charge in [-0.05, 0) is 0 Å². The highest BCUT2D eigenvalue weighted by Gasteiger charge is 2.00. The summed E-state index contributed by atoms with van der Waals surface area (Å²) < 4.78 is 0. The molecule has 0 saturated carbocycles. The number of hydrogen-bond acceptors (Lipinski definition) is 3. The van der Waals surface area contributed by atoms with Gasteiger partial charge in [-0.3, -0.25) is 4.84 Å². The first-order valence-electron chi connectivity index (χ1n) is 3.47. The molecule has 0 rings (SSSR count). The van der Waals surface area contributed by atoms with Crippen molar-refractivity contribution in [3.8, 4) is 12.3 Å². The zero-order chi connectivity index (χ0) is 10.1. The first kappa shape index (κ1) is 11.3. The van der Waals surface area contributed by atoms with Crippen molar-refractivity contribution < 1.29 is 19.5 Å². The highest BCUT2D eigenvalue weighted by Crippen LogP contribution is 1.73. The molecule has 0 atom stereocenters. The second-order valence-electron chi connectivity index (χ2n) is 1.99. The van der Waals surface area contributed by atoms with Crippen LogP contribution in [0.5, 0.6) is 0 Å². The Hall–Kier alpha value is -1.74. The van der Waals surface area contributed by atoms with E-state index in [-0.39, 0.29) is 0 Å². The summed E-state index contributed by atoms with van der Waals surface area (Å²) in [5.74, 6) is 1.16. The summed E-state index contributed by atoms with van der Waals surface area (Å²) in [7, 11) is 0. The number of urea groups is 1. The minimum absolute atomic E-state index is 0.318. The normalized spacial score (nSPS) is 8.54. The van der Waals surface area contributed by atoms with E-state index < -0.39 is 18.6 Å². The number of carboxylic acids is 1. The van der Waals surface area contributed by atoms with E-state index in [1.54, 1.807) is 0 Å². The van der Waals surface area contributed by atoms with Gasteiger partial charge in [-0.25, -0.2) is 15.1 Å². The van der Waals surface area contributed by atoms with Crippen molar-refractivity contribution in [2.75, 3.05) is 13.2 Å². The van der Waals surface area contributed by atoms with Gasteiger partial charge < -0.3 is 10.4 Å². The molecule has 0 aromatic rings. The lowest BCUT2D eigenvalue weighted by Crippen LogP contribution is -2.36. The first-order chi connectivity index (χ1) is 6.16. The van der Waals surface area contributed by atoms with Crippen molar-refractivity contribution in [1.29, 1.82) is 0 Å². The third kappa shape index (κ3) is 8.16. The van der Waals surface area contributed by atoms with Gasteiger partial charge in [0.05, 0.1) is 0 Å². The van der Waals surface area contributed by atoms with Crippen LogP contribution in [0.15, 0.2) is 0 Å². The van der Waals surface area contributed by atoms with Crippen molar-refractivity contribution in [1.82, 2.24) is 10.8 Å². The van der Waals surface area contributed by atoms with Gasteiger partial charge in [-0.2, -0.15) is 0 Å². The van der Waals surface area contributed by atoms with Gasteiger partial charge in [-0.15, -0.1) is 12.3 Å². The number of carbonyl (C=O) groups is 2. The predicted octanol–water partition coefficient (Wildman–Crippen LogP) is -0.675. The van der Waals surface area contributed by atoms with Gasteiger partial charge in [0.15, 0.2) is 6.61 Å². The number of hydrogen-bond donors (Lipinski definition) is 3. The van der Waals surface area contributed by atoms with Gasteiger partial charge in [0.25, 0.3) is 0 Å². The lowest BCUT2D eigenvalue weighted by atomic mass is 10.4. The first-order valence-corrected chi connectivity index (χ1v) is 3.47. The third-order valence-electron chi connectivity index (χ3n) is 0.915. The van der Waals surface area contributed by atoms with Crippen LogP contribution in [0.1, 0.15) is 6.42 Å². The van der Waals surface area contributed by atoms with Crippen LogP contribution in [0.25, 0.3) is 0 Å². The smallest absolute Gasteiger partial charge is 0.338 e. The van der Waals surface area contributed by atoms with E-state index in [0.29, 0.717) is 13.0 Å². The van der Waals surface area contributed by atoms with Gasteiger partial charge in [0, 0.05) is 13.0 Å². The van der Waals surface area contributed by atoms with Crippen molar-refractivity contribution in [2.24, 2.45) is 0 Å². The minimum atomic E-state index is -1.16. The molecule has 72 valence electrons. The van der Waals surface area contributed by atoms with Gasteiger partial charge in [0.2, 0.25) is 0 Å². The summed E-state index contributed by atoms with van der Waals surface area (Å²) in [6, 6.07) is -0.614. The van der Waals surface area contributed by atoms with Crippen molar-refractivity contribution >= 4 is 12.0 Å². The molecule has 0 spiro atoms. The van der Waals surface area contributed by atoms with Crippen LogP contribution in [0, 0.1) is 12.3 Å². The molecule has 6 nitrogen and oxygen atoms in total. The van der Waals surface area contributed by atoms with Crippen molar-refractivity contribution in [3.63, 3.8) is 0 Å². The van der Waals surface area contributed by atoms with Crippen molar-refractivity contribution in [2.45, 2.75) is 6.42 Å². The average molecular weight is 186 g/mol. The van der Waals surface area contributed by atoms with E-state index in [9.17, 15) is 9.59 Å². The zero-order valence-electron chi connectivity index (χ0n) is 6.87. The molecule has 0 fully saturated rings. The fraction of sp³-hybridized carbons (Fsp3) is 0.429. The Balaban J connectivity index is 3.31. The highest BCUT2D eigenvalue weighted by atomic mass is 16.7. The monoisotopic (exact) mass is 186 g/mol. The van der Waals surface area contributed by atoms with Crippen molar-refractivity contribution in [3.05, 3.63) is 0 Å². The van der Waals surface area contributed by atoms with Gasteiger partial charge in [0.1, 0.15) is 0 Å². The number of amides is 2. The molecular weight excluding hydrogens is 176 g/mol. The molecule has 2 amide bonds. The molecule has 0 aliphatic heterocycles. The second-order valence-corrected chi connectivity index (χ2v) is 1.99. The predicted molar refractivity (Wildman–Crippen MR) is 43.6 cm³/mol. The lowest BCUT2D eigenvalue weighted by molar-refractivity contribution is -0.144. The molecule has 0 saturated heterocycles. The summed E-state index contributed by atoms with van der Waals surface area (Å²) in [5, 5.41) is 10.5. The lowest BCUT2D eigenvalue weighted by Gasteiger charge is -2.04. The molecule has 0 heterocycles. The fourth-order valence-corrected chi connectivity index (χ4v) is 0.448. The van der Waals surface area contributed by atoms with E-state index >= 15 is 0 Å². The number of carboxylic acid groups (broad SMARTS) is 1. The molecule has 0 aromatic heterocycles. The average Bonchev–Trinajstić information content (AvgIpc) is 2.04. The van der Waals surface area contributed by atoms with Crippen LogP contribution < -0.4 is 10.8 Å². The number of nitrogens with one attached hydrogen (secondary N) is 2. The van der Waals surface area contributed by atoms with E-state index in [0.717, 1.165) is 0 Å². The second kappa shape index (κ2) is 6.94. The summed E-state index contributed by atoms with van der Waals surface area (Å²) in [4.78, 5) is 24.9. The topological polar surface area (TPSA) is 87.7 Å². The quantitative estimate of drug-likeness (QED) is 0.302. The van der Waals surface area contributed by atoms with E-state index in [4.69, 9.17) is 11.5 Å². The van der Waals surface area contributed by atoms with Gasteiger partial charge >= 0.3 is 12.0 Å². The van der Waals surface area contributed by atoms with E-state index in [2.05, 4.69) is 16.1 Å². The highest BCUT2D eigenvalue weighted by molar-refractivity contribution is 5.73. The number of rotatable bonds is 5. The van der Waals surface area contributed by atoms with Crippen LogP contribution in [0.2, 0.25) is 0 Å². The molecular formula is C7H10N2O4. The SMILES string of the molecule is C#CCCNC(=O)NOCC(=O)O. The van der Waals surface area contributed by atoms with Crippen LogP contribution in [0.4, 0.5) is 4.79 Å². The maximum atomic E-state index is 10.7. The Bertz CT molecular complexity index is 221. The summed E-state index contributed by atoms with van der Waals surface area (Å²) in [6.07, 6.45) is 5.33. The summed E-state index contributed by atoms with van der Waals surface area (Å²) in [6.45, 7) is -0.263. The minimum Gasteiger partial charge on any atom is -0.479 e. The summed E-state index contributed by atoms with van der Waals surface area (Å²) >= 11 is 0.